The first-order chi connectivity index (χ1) is 7.74. The summed E-state index contributed by atoms with van der Waals surface area (Å²) in [5.74, 6) is 1.53. The van der Waals surface area contributed by atoms with Crippen molar-refractivity contribution < 1.29 is 0 Å². The lowest BCUT2D eigenvalue weighted by molar-refractivity contribution is 0.938. The molecule has 2 rings (SSSR count). The summed E-state index contributed by atoms with van der Waals surface area (Å²) >= 11 is 3.38. The quantitative estimate of drug-likeness (QED) is 0.670. The standard InChI is InChI=1S/C11H13N3S2/c1-8-6-10(12)14-11(13-8)16-5-3-9-2-4-15-7-9/h2,4,6-7H,3,5H2,1H3,(H2,12,13,14). The van der Waals surface area contributed by atoms with E-state index in [0.29, 0.717) is 5.82 Å². The third-order valence-corrected chi connectivity index (χ3v) is 3.64. The fourth-order valence-electron chi connectivity index (χ4n) is 1.32. The van der Waals surface area contributed by atoms with Gasteiger partial charge in [-0.15, -0.1) is 0 Å². The molecule has 0 atom stereocenters. The van der Waals surface area contributed by atoms with Crippen molar-refractivity contribution in [1.82, 2.24) is 9.97 Å². The van der Waals surface area contributed by atoms with E-state index >= 15 is 0 Å². The minimum atomic E-state index is 0.547. The molecule has 0 radical (unpaired) electrons. The molecule has 0 unspecified atom stereocenters. The molecule has 84 valence electrons. The molecule has 5 heteroatoms. The van der Waals surface area contributed by atoms with E-state index in [1.54, 1.807) is 29.2 Å². The average molecular weight is 251 g/mol. The van der Waals surface area contributed by atoms with Crippen LogP contribution in [0, 0.1) is 6.92 Å². The molecule has 0 aliphatic heterocycles. The number of rotatable bonds is 4. The Labute approximate surface area is 103 Å². The minimum absolute atomic E-state index is 0.547. The molecule has 0 spiro atoms. The first-order valence-corrected chi connectivity index (χ1v) is 6.92. The van der Waals surface area contributed by atoms with Crippen LogP contribution < -0.4 is 5.73 Å². The van der Waals surface area contributed by atoms with Crippen LogP contribution in [0.1, 0.15) is 11.3 Å². The molecule has 0 saturated heterocycles. The van der Waals surface area contributed by atoms with Gasteiger partial charge in [-0.25, -0.2) is 9.97 Å². The SMILES string of the molecule is Cc1cc(N)nc(SCCc2ccsc2)n1. The van der Waals surface area contributed by atoms with Crippen molar-refractivity contribution in [2.45, 2.75) is 18.5 Å². The highest BCUT2D eigenvalue weighted by Crippen LogP contribution is 2.17. The highest BCUT2D eigenvalue weighted by Gasteiger charge is 2.01. The molecule has 16 heavy (non-hydrogen) atoms. The fourth-order valence-corrected chi connectivity index (χ4v) is 2.93. The largest absolute Gasteiger partial charge is 0.384 e. The van der Waals surface area contributed by atoms with Gasteiger partial charge >= 0.3 is 0 Å². The second-order valence-electron chi connectivity index (χ2n) is 3.45. The molecule has 3 nitrogen and oxygen atoms in total. The van der Waals surface area contributed by atoms with E-state index in [-0.39, 0.29) is 0 Å². The molecule has 0 bridgehead atoms. The Bertz CT molecular complexity index is 434. The Morgan fingerprint density at radius 1 is 1.44 bits per heavy atom. The monoisotopic (exact) mass is 251 g/mol. The van der Waals surface area contributed by atoms with Gasteiger partial charge in [0, 0.05) is 17.5 Å². The first-order valence-electron chi connectivity index (χ1n) is 4.99. The Morgan fingerprint density at radius 2 is 2.31 bits per heavy atom. The van der Waals surface area contributed by atoms with E-state index in [9.17, 15) is 0 Å². The number of aryl methyl sites for hydroxylation is 2. The predicted molar refractivity (Wildman–Crippen MR) is 69.9 cm³/mol. The Hall–Kier alpha value is -1.07. The second kappa shape index (κ2) is 5.32. The molecule has 2 aromatic rings. The zero-order valence-electron chi connectivity index (χ0n) is 9.01. The lowest BCUT2D eigenvalue weighted by atomic mass is 10.3. The van der Waals surface area contributed by atoms with Crippen molar-refractivity contribution in [3.05, 3.63) is 34.2 Å². The lowest BCUT2D eigenvalue weighted by Crippen LogP contribution is -1.97. The van der Waals surface area contributed by atoms with Gasteiger partial charge in [0.2, 0.25) is 0 Å². The van der Waals surface area contributed by atoms with Gasteiger partial charge in [-0.05, 0) is 35.7 Å². The maximum absolute atomic E-state index is 5.66. The molecular formula is C11H13N3S2. The molecule has 0 aliphatic carbocycles. The van der Waals surface area contributed by atoms with E-state index in [1.165, 1.54) is 5.56 Å². The molecule has 0 aromatic carbocycles. The van der Waals surface area contributed by atoms with E-state index in [0.717, 1.165) is 23.0 Å². The third kappa shape index (κ3) is 3.21. The van der Waals surface area contributed by atoms with Crippen LogP contribution in [0.25, 0.3) is 0 Å². The van der Waals surface area contributed by atoms with Gasteiger partial charge in [0.1, 0.15) is 5.82 Å². The van der Waals surface area contributed by atoms with Gasteiger partial charge in [0.25, 0.3) is 0 Å². The van der Waals surface area contributed by atoms with Crippen LogP contribution in [0.5, 0.6) is 0 Å². The zero-order valence-corrected chi connectivity index (χ0v) is 10.6. The van der Waals surface area contributed by atoms with Crippen LogP contribution in [0.2, 0.25) is 0 Å². The van der Waals surface area contributed by atoms with Crippen molar-refractivity contribution >= 4 is 28.9 Å². The van der Waals surface area contributed by atoms with Crippen LogP contribution in [-0.2, 0) is 6.42 Å². The molecule has 0 amide bonds. The highest BCUT2D eigenvalue weighted by atomic mass is 32.2. The first kappa shape index (κ1) is 11.4. The molecule has 2 N–H and O–H groups in total. The van der Waals surface area contributed by atoms with Crippen molar-refractivity contribution in [3.63, 3.8) is 0 Å². The van der Waals surface area contributed by atoms with Gasteiger partial charge in [-0.2, -0.15) is 11.3 Å². The maximum atomic E-state index is 5.66. The molecule has 2 aromatic heterocycles. The number of anilines is 1. The summed E-state index contributed by atoms with van der Waals surface area (Å²) in [6.07, 6.45) is 1.05. The molecule has 0 aliphatic rings. The topological polar surface area (TPSA) is 51.8 Å². The van der Waals surface area contributed by atoms with Crippen LogP contribution in [0.15, 0.2) is 28.0 Å². The number of thioether (sulfide) groups is 1. The summed E-state index contributed by atoms with van der Waals surface area (Å²) < 4.78 is 0. The molecule has 0 fully saturated rings. The average Bonchev–Trinajstić information content (AvgIpc) is 2.69. The Morgan fingerprint density at radius 3 is 3.00 bits per heavy atom. The van der Waals surface area contributed by atoms with E-state index in [1.807, 2.05) is 6.92 Å². The van der Waals surface area contributed by atoms with Crippen molar-refractivity contribution in [1.29, 1.82) is 0 Å². The van der Waals surface area contributed by atoms with Gasteiger partial charge in [0.05, 0.1) is 0 Å². The van der Waals surface area contributed by atoms with Crippen molar-refractivity contribution in [3.8, 4) is 0 Å². The Kier molecular flexibility index (Phi) is 3.79. The van der Waals surface area contributed by atoms with E-state index in [4.69, 9.17) is 5.73 Å². The highest BCUT2D eigenvalue weighted by molar-refractivity contribution is 7.99. The molecule has 2 heterocycles. The number of nitrogens with two attached hydrogens (primary N) is 1. The van der Waals surface area contributed by atoms with Crippen LogP contribution in [0.4, 0.5) is 5.82 Å². The van der Waals surface area contributed by atoms with Gasteiger partial charge in [-0.3, -0.25) is 0 Å². The summed E-state index contributed by atoms with van der Waals surface area (Å²) in [7, 11) is 0. The van der Waals surface area contributed by atoms with Gasteiger partial charge < -0.3 is 5.73 Å². The maximum Gasteiger partial charge on any atom is 0.189 e. The van der Waals surface area contributed by atoms with Crippen LogP contribution >= 0.6 is 23.1 Å². The molecular weight excluding hydrogens is 238 g/mol. The second-order valence-corrected chi connectivity index (χ2v) is 5.29. The van der Waals surface area contributed by atoms with E-state index < -0.39 is 0 Å². The number of nitrogens with zero attached hydrogens (tertiary/aromatic N) is 2. The number of hydrogen-bond acceptors (Lipinski definition) is 5. The summed E-state index contributed by atoms with van der Waals surface area (Å²) in [4.78, 5) is 8.51. The minimum Gasteiger partial charge on any atom is -0.384 e. The number of nitrogen functional groups attached to an aromatic ring is 1. The van der Waals surface area contributed by atoms with Crippen molar-refractivity contribution in [2.24, 2.45) is 0 Å². The summed E-state index contributed by atoms with van der Waals surface area (Å²) in [5, 5.41) is 5.04. The summed E-state index contributed by atoms with van der Waals surface area (Å²) in [6.45, 7) is 1.93. The number of hydrogen-bond donors (Lipinski definition) is 1. The number of thiophene rings is 1. The normalized spacial score (nSPS) is 10.6. The van der Waals surface area contributed by atoms with Gasteiger partial charge in [-0.1, -0.05) is 11.8 Å². The molecule has 0 saturated carbocycles. The van der Waals surface area contributed by atoms with Crippen molar-refractivity contribution in [2.75, 3.05) is 11.5 Å². The summed E-state index contributed by atoms with van der Waals surface area (Å²) in [5.41, 5.74) is 7.96. The van der Waals surface area contributed by atoms with E-state index in [2.05, 4.69) is 26.8 Å². The number of aromatic nitrogens is 2. The fraction of sp³-hybridized carbons (Fsp3) is 0.273. The Balaban J connectivity index is 1.89. The van der Waals surface area contributed by atoms with Gasteiger partial charge in [0.15, 0.2) is 5.16 Å². The van der Waals surface area contributed by atoms with Crippen LogP contribution in [-0.4, -0.2) is 15.7 Å². The third-order valence-electron chi connectivity index (χ3n) is 2.06. The predicted octanol–water partition coefficient (Wildman–Crippen LogP) is 2.76. The summed E-state index contributed by atoms with van der Waals surface area (Å²) in [6, 6.07) is 3.93. The smallest absolute Gasteiger partial charge is 0.189 e. The van der Waals surface area contributed by atoms with Crippen LogP contribution in [0.3, 0.4) is 0 Å². The lowest BCUT2D eigenvalue weighted by Gasteiger charge is -2.01. The zero-order chi connectivity index (χ0) is 11.4.